The van der Waals surface area contributed by atoms with Crippen LogP contribution < -0.4 is 16.8 Å². The van der Waals surface area contributed by atoms with Gasteiger partial charge in [-0.15, -0.1) is 0 Å². The molecule has 0 bridgehead atoms. The first-order chi connectivity index (χ1) is 9.40. The highest BCUT2D eigenvalue weighted by molar-refractivity contribution is 5.99. The number of anilines is 3. The summed E-state index contributed by atoms with van der Waals surface area (Å²) in [6, 6.07) is 6.61. The molecule has 5 N–H and O–H groups in total. The number of halogens is 2. The zero-order valence-corrected chi connectivity index (χ0v) is 10.7. The fraction of sp³-hybridized carbons (Fsp3) is 0.0714. The van der Waals surface area contributed by atoms with Crippen molar-refractivity contribution in [3.05, 3.63) is 53.1 Å². The summed E-state index contributed by atoms with van der Waals surface area (Å²) < 4.78 is 27.5. The van der Waals surface area contributed by atoms with Crippen molar-refractivity contribution < 1.29 is 13.6 Å². The van der Waals surface area contributed by atoms with Crippen LogP contribution in [0.5, 0.6) is 0 Å². The van der Waals surface area contributed by atoms with Crippen molar-refractivity contribution in [1.29, 1.82) is 0 Å². The second-order valence-corrected chi connectivity index (χ2v) is 4.34. The molecule has 1 amide bonds. The zero-order valence-electron chi connectivity index (χ0n) is 10.7. The minimum atomic E-state index is -0.782. The van der Waals surface area contributed by atoms with Gasteiger partial charge in [0, 0.05) is 5.69 Å². The molecular weight excluding hydrogens is 264 g/mol. The molecule has 0 heterocycles. The summed E-state index contributed by atoms with van der Waals surface area (Å²) in [5.74, 6) is -2.01. The summed E-state index contributed by atoms with van der Waals surface area (Å²) in [5.41, 5.74) is 11.2. The summed E-state index contributed by atoms with van der Waals surface area (Å²) in [4.78, 5) is 11.2. The van der Waals surface area contributed by atoms with Crippen LogP contribution >= 0.6 is 0 Å². The first-order valence-corrected chi connectivity index (χ1v) is 5.81. The Morgan fingerprint density at radius 3 is 2.50 bits per heavy atom. The molecule has 0 unspecified atom stereocenters. The molecule has 2 aromatic carbocycles. The van der Waals surface area contributed by atoms with Crippen LogP contribution in [-0.2, 0) is 0 Å². The fourth-order valence-electron chi connectivity index (χ4n) is 1.82. The van der Waals surface area contributed by atoms with Gasteiger partial charge in [0.05, 0.1) is 16.9 Å². The number of primary amides is 1. The number of amides is 1. The molecule has 20 heavy (non-hydrogen) atoms. The number of rotatable bonds is 3. The summed E-state index contributed by atoms with van der Waals surface area (Å²) in [7, 11) is 0. The lowest BCUT2D eigenvalue weighted by atomic mass is 10.1. The average molecular weight is 277 g/mol. The van der Waals surface area contributed by atoms with Crippen LogP contribution in [0.3, 0.4) is 0 Å². The Morgan fingerprint density at radius 1 is 1.20 bits per heavy atom. The van der Waals surface area contributed by atoms with Crippen molar-refractivity contribution in [3.63, 3.8) is 0 Å². The predicted octanol–water partition coefficient (Wildman–Crippen LogP) is 2.70. The third-order valence-corrected chi connectivity index (χ3v) is 2.89. The molecule has 0 saturated carbocycles. The highest BCUT2D eigenvalue weighted by Crippen LogP contribution is 2.28. The number of nitrogens with two attached hydrogens (primary N) is 2. The van der Waals surface area contributed by atoms with Gasteiger partial charge in [0.15, 0.2) is 0 Å². The number of para-hydroxylation sites is 1. The Kier molecular flexibility index (Phi) is 3.56. The Bertz CT molecular complexity index is 666. The van der Waals surface area contributed by atoms with Crippen molar-refractivity contribution in [3.8, 4) is 0 Å². The van der Waals surface area contributed by atoms with Crippen molar-refractivity contribution in [2.24, 2.45) is 5.73 Å². The van der Waals surface area contributed by atoms with E-state index in [1.807, 2.05) is 0 Å². The number of hydrogen-bond donors (Lipinski definition) is 3. The quantitative estimate of drug-likeness (QED) is 0.754. The molecule has 0 atom stereocenters. The minimum absolute atomic E-state index is 0.0251. The van der Waals surface area contributed by atoms with E-state index in [2.05, 4.69) is 5.32 Å². The van der Waals surface area contributed by atoms with Gasteiger partial charge >= 0.3 is 0 Å². The SMILES string of the molecule is Cc1cccc(F)c1Nc1cc(C(N)=O)c(N)cc1F. The molecule has 4 nitrogen and oxygen atoms in total. The molecule has 6 heteroatoms. The van der Waals surface area contributed by atoms with Gasteiger partial charge in [0.25, 0.3) is 5.91 Å². The van der Waals surface area contributed by atoms with E-state index >= 15 is 0 Å². The monoisotopic (exact) mass is 277 g/mol. The maximum atomic E-state index is 13.8. The van der Waals surface area contributed by atoms with Gasteiger partial charge < -0.3 is 16.8 Å². The van der Waals surface area contributed by atoms with Gasteiger partial charge in [0.2, 0.25) is 0 Å². The van der Waals surface area contributed by atoms with E-state index in [1.165, 1.54) is 12.1 Å². The van der Waals surface area contributed by atoms with Gasteiger partial charge in [-0.2, -0.15) is 0 Å². The fourth-order valence-corrected chi connectivity index (χ4v) is 1.82. The van der Waals surface area contributed by atoms with E-state index < -0.39 is 17.5 Å². The third kappa shape index (κ3) is 2.54. The maximum Gasteiger partial charge on any atom is 0.250 e. The van der Waals surface area contributed by atoms with Crippen LogP contribution in [0.25, 0.3) is 0 Å². The molecule has 0 aliphatic carbocycles. The minimum Gasteiger partial charge on any atom is -0.398 e. The molecule has 0 radical (unpaired) electrons. The van der Waals surface area contributed by atoms with E-state index in [-0.39, 0.29) is 22.6 Å². The second-order valence-electron chi connectivity index (χ2n) is 4.34. The lowest BCUT2D eigenvalue weighted by molar-refractivity contribution is 0.100. The van der Waals surface area contributed by atoms with Crippen molar-refractivity contribution in [2.45, 2.75) is 6.92 Å². The average Bonchev–Trinajstić information content (AvgIpc) is 2.35. The van der Waals surface area contributed by atoms with E-state index in [0.29, 0.717) is 5.56 Å². The Balaban J connectivity index is 2.49. The largest absolute Gasteiger partial charge is 0.398 e. The molecule has 104 valence electrons. The van der Waals surface area contributed by atoms with Crippen molar-refractivity contribution in [1.82, 2.24) is 0 Å². The van der Waals surface area contributed by atoms with Crippen LogP contribution in [-0.4, -0.2) is 5.91 Å². The van der Waals surface area contributed by atoms with Gasteiger partial charge in [-0.1, -0.05) is 12.1 Å². The van der Waals surface area contributed by atoms with Crippen LogP contribution in [0.15, 0.2) is 30.3 Å². The Morgan fingerprint density at radius 2 is 1.90 bits per heavy atom. The molecule has 0 fully saturated rings. The number of aryl methyl sites for hydroxylation is 1. The van der Waals surface area contributed by atoms with Gasteiger partial charge in [0.1, 0.15) is 11.6 Å². The normalized spacial score (nSPS) is 10.3. The molecule has 0 spiro atoms. The summed E-state index contributed by atoms with van der Waals surface area (Å²) in [6.07, 6.45) is 0. The zero-order chi connectivity index (χ0) is 14.9. The predicted molar refractivity (Wildman–Crippen MR) is 73.8 cm³/mol. The molecule has 2 aromatic rings. The van der Waals surface area contributed by atoms with Crippen LogP contribution in [0.2, 0.25) is 0 Å². The smallest absolute Gasteiger partial charge is 0.250 e. The lowest BCUT2D eigenvalue weighted by Crippen LogP contribution is -2.14. The van der Waals surface area contributed by atoms with E-state index in [0.717, 1.165) is 6.07 Å². The highest BCUT2D eigenvalue weighted by Gasteiger charge is 2.14. The number of carbonyl (C=O) groups is 1. The molecule has 0 aromatic heterocycles. The van der Waals surface area contributed by atoms with E-state index in [9.17, 15) is 13.6 Å². The van der Waals surface area contributed by atoms with Gasteiger partial charge in [-0.05, 0) is 30.7 Å². The topological polar surface area (TPSA) is 81.1 Å². The highest BCUT2D eigenvalue weighted by atomic mass is 19.1. The van der Waals surface area contributed by atoms with Gasteiger partial charge in [-0.3, -0.25) is 4.79 Å². The molecule has 0 saturated heterocycles. The first kappa shape index (κ1) is 13.8. The van der Waals surface area contributed by atoms with Crippen LogP contribution in [0.1, 0.15) is 15.9 Å². The summed E-state index contributed by atoms with van der Waals surface area (Å²) in [5, 5.41) is 2.62. The third-order valence-electron chi connectivity index (χ3n) is 2.89. The number of nitrogen functional groups attached to an aromatic ring is 1. The molecular formula is C14H13F2N3O. The lowest BCUT2D eigenvalue weighted by Gasteiger charge is -2.13. The van der Waals surface area contributed by atoms with E-state index in [4.69, 9.17) is 11.5 Å². The second kappa shape index (κ2) is 5.16. The summed E-state index contributed by atoms with van der Waals surface area (Å²) in [6.45, 7) is 1.68. The van der Waals surface area contributed by atoms with Crippen LogP contribution in [0, 0.1) is 18.6 Å². The first-order valence-electron chi connectivity index (χ1n) is 5.81. The van der Waals surface area contributed by atoms with Crippen molar-refractivity contribution >= 4 is 23.0 Å². The number of benzene rings is 2. The molecule has 0 aliphatic heterocycles. The number of hydrogen-bond acceptors (Lipinski definition) is 3. The standard InChI is InChI=1S/C14H13F2N3O/c1-7-3-2-4-9(15)13(7)19-12-5-8(14(18)20)11(17)6-10(12)16/h2-6,19H,17H2,1H3,(H2,18,20). The van der Waals surface area contributed by atoms with Crippen molar-refractivity contribution in [2.75, 3.05) is 11.1 Å². The summed E-state index contributed by atoms with van der Waals surface area (Å²) >= 11 is 0. The van der Waals surface area contributed by atoms with Crippen LogP contribution in [0.4, 0.5) is 25.8 Å². The molecule has 2 rings (SSSR count). The number of carbonyl (C=O) groups excluding carboxylic acids is 1. The van der Waals surface area contributed by atoms with E-state index in [1.54, 1.807) is 19.1 Å². The maximum absolute atomic E-state index is 13.8. The Hall–Kier alpha value is -2.63. The molecule has 0 aliphatic rings. The number of nitrogens with one attached hydrogen (secondary N) is 1. The Labute approximate surface area is 114 Å². The van der Waals surface area contributed by atoms with Gasteiger partial charge in [-0.25, -0.2) is 8.78 Å².